The van der Waals surface area contributed by atoms with Crippen LogP contribution in [0.2, 0.25) is 0 Å². The van der Waals surface area contributed by atoms with E-state index in [2.05, 4.69) is 5.32 Å². The highest BCUT2D eigenvalue weighted by molar-refractivity contribution is 7.86. The fourth-order valence-electron chi connectivity index (χ4n) is 4.01. The molecule has 0 bridgehead atoms. The number of hydrogen-bond donors (Lipinski definition) is 1. The van der Waals surface area contributed by atoms with Gasteiger partial charge in [-0.05, 0) is 43.4 Å². The normalized spacial score (nSPS) is 23.5. The molecule has 8 nitrogen and oxygen atoms in total. The standard InChI is InChI=1S/C19H27N3O5S/c23-19(20-12-15-6-7-17-18(11-15)27-14-26-17)16-5-4-10-22(13-16)28(24,25)21-8-2-1-3-9-21/h6-7,11,16H,1-5,8-10,12-14H2,(H,20,23)/t16-/m1/s1. The van der Waals surface area contributed by atoms with Gasteiger partial charge in [0.15, 0.2) is 11.5 Å². The number of benzene rings is 1. The molecule has 1 aromatic carbocycles. The van der Waals surface area contributed by atoms with Crippen LogP contribution in [-0.2, 0) is 21.5 Å². The zero-order valence-electron chi connectivity index (χ0n) is 15.9. The number of amides is 1. The van der Waals surface area contributed by atoms with E-state index in [9.17, 15) is 13.2 Å². The van der Waals surface area contributed by atoms with Crippen molar-refractivity contribution in [3.05, 3.63) is 23.8 Å². The van der Waals surface area contributed by atoms with Gasteiger partial charge >= 0.3 is 0 Å². The van der Waals surface area contributed by atoms with E-state index in [-0.39, 0.29) is 25.2 Å². The molecule has 0 saturated carbocycles. The number of nitrogens with zero attached hydrogens (tertiary/aromatic N) is 2. The fraction of sp³-hybridized carbons (Fsp3) is 0.632. The SMILES string of the molecule is O=C(NCc1ccc2c(c1)OCO2)[C@@H]1CCCN(S(=O)(=O)N2CCCCC2)C1. The summed E-state index contributed by atoms with van der Waals surface area (Å²) in [5.41, 5.74) is 0.922. The van der Waals surface area contributed by atoms with Gasteiger partial charge in [-0.15, -0.1) is 0 Å². The van der Waals surface area contributed by atoms with E-state index < -0.39 is 10.2 Å². The number of piperidine rings is 2. The average Bonchev–Trinajstić information content (AvgIpc) is 3.20. The predicted molar refractivity (Wildman–Crippen MR) is 103 cm³/mol. The van der Waals surface area contributed by atoms with Crippen LogP contribution in [0, 0.1) is 5.92 Å². The Hall–Kier alpha value is -1.84. The minimum absolute atomic E-state index is 0.101. The molecule has 0 unspecified atom stereocenters. The molecule has 154 valence electrons. The third-order valence-electron chi connectivity index (χ3n) is 5.63. The Morgan fingerprint density at radius 3 is 2.61 bits per heavy atom. The maximum Gasteiger partial charge on any atom is 0.281 e. The molecule has 0 radical (unpaired) electrons. The first-order valence-corrected chi connectivity index (χ1v) is 11.4. The molecule has 3 aliphatic rings. The van der Waals surface area contributed by atoms with Gasteiger partial charge in [-0.3, -0.25) is 4.79 Å². The van der Waals surface area contributed by atoms with E-state index in [0.717, 1.165) is 24.8 Å². The molecule has 28 heavy (non-hydrogen) atoms. The lowest BCUT2D eigenvalue weighted by atomic mass is 9.98. The Kier molecular flexibility index (Phi) is 5.75. The lowest BCUT2D eigenvalue weighted by Crippen LogP contribution is -2.51. The number of nitrogens with one attached hydrogen (secondary N) is 1. The van der Waals surface area contributed by atoms with Gasteiger partial charge in [-0.1, -0.05) is 12.5 Å². The molecule has 3 aliphatic heterocycles. The molecule has 1 atom stereocenters. The summed E-state index contributed by atoms with van der Waals surface area (Å²) in [6.45, 7) is 2.51. The van der Waals surface area contributed by atoms with Crippen molar-refractivity contribution in [2.24, 2.45) is 5.92 Å². The van der Waals surface area contributed by atoms with Gasteiger partial charge in [0.05, 0.1) is 5.92 Å². The summed E-state index contributed by atoms with van der Waals surface area (Å²) >= 11 is 0. The number of ether oxygens (including phenoxy) is 2. The second-order valence-electron chi connectivity index (χ2n) is 7.57. The second-order valence-corrected chi connectivity index (χ2v) is 9.50. The molecular formula is C19H27N3O5S. The summed E-state index contributed by atoms with van der Waals surface area (Å²) in [5.74, 6) is 0.975. The van der Waals surface area contributed by atoms with Gasteiger partial charge in [-0.2, -0.15) is 17.0 Å². The van der Waals surface area contributed by atoms with E-state index in [1.54, 1.807) is 4.31 Å². The summed E-state index contributed by atoms with van der Waals surface area (Å²) < 4.78 is 39.5. The third kappa shape index (κ3) is 4.11. The Labute approximate surface area is 166 Å². The molecular weight excluding hydrogens is 382 g/mol. The fourth-order valence-corrected chi connectivity index (χ4v) is 5.78. The van der Waals surface area contributed by atoms with Crippen molar-refractivity contribution in [1.29, 1.82) is 0 Å². The van der Waals surface area contributed by atoms with Gasteiger partial charge in [0.1, 0.15) is 0 Å². The maximum atomic E-state index is 12.9. The quantitative estimate of drug-likeness (QED) is 0.796. The molecule has 1 N–H and O–H groups in total. The van der Waals surface area contributed by atoms with Crippen molar-refractivity contribution >= 4 is 16.1 Å². The van der Waals surface area contributed by atoms with Crippen molar-refractivity contribution in [3.8, 4) is 11.5 Å². The highest BCUT2D eigenvalue weighted by Gasteiger charge is 2.36. The smallest absolute Gasteiger partial charge is 0.281 e. The molecule has 2 saturated heterocycles. The van der Waals surface area contributed by atoms with E-state index >= 15 is 0 Å². The topological polar surface area (TPSA) is 88.2 Å². The molecule has 2 fully saturated rings. The molecule has 0 spiro atoms. The first-order valence-electron chi connectivity index (χ1n) is 9.95. The molecule has 0 aromatic heterocycles. The number of hydrogen-bond acceptors (Lipinski definition) is 5. The molecule has 3 heterocycles. The summed E-state index contributed by atoms with van der Waals surface area (Å²) in [6.07, 6.45) is 4.31. The van der Waals surface area contributed by atoms with Crippen molar-refractivity contribution < 1.29 is 22.7 Å². The van der Waals surface area contributed by atoms with E-state index in [0.29, 0.717) is 50.5 Å². The summed E-state index contributed by atoms with van der Waals surface area (Å²) in [4.78, 5) is 12.7. The number of carbonyl (C=O) groups excluding carboxylic acids is 1. The van der Waals surface area contributed by atoms with E-state index in [1.165, 1.54) is 4.31 Å². The van der Waals surface area contributed by atoms with Gasteiger partial charge in [0.2, 0.25) is 12.7 Å². The monoisotopic (exact) mass is 409 g/mol. The Balaban J connectivity index is 1.34. The van der Waals surface area contributed by atoms with Crippen LogP contribution < -0.4 is 14.8 Å². The lowest BCUT2D eigenvalue weighted by Gasteiger charge is -2.36. The van der Waals surface area contributed by atoms with E-state index in [1.807, 2.05) is 18.2 Å². The van der Waals surface area contributed by atoms with Crippen LogP contribution >= 0.6 is 0 Å². The molecule has 4 rings (SSSR count). The average molecular weight is 410 g/mol. The minimum atomic E-state index is -3.47. The lowest BCUT2D eigenvalue weighted by molar-refractivity contribution is -0.126. The van der Waals surface area contributed by atoms with Crippen LogP contribution in [0.3, 0.4) is 0 Å². The maximum absolute atomic E-state index is 12.9. The van der Waals surface area contributed by atoms with Crippen molar-refractivity contribution in [2.45, 2.75) is 38.6 Å². The van der Waals surface area contributed by atoms with Crippen LogP contribution in [0.5, 0.6) is 11.5 Å². The highest BCUT2D eigenvalue weighted by Crippen LogP contribution is 2.32. The Bertz CT molecular complexity index is 823. The van der Waals surface area contributed by atoms with Crippen LogP contribution in [-0.4, -0.2) is 55.9 Å². The Morgan fingerprint density at radius 2 is 1.79 bits per heavy atom. The van der Waals surface area contributed by atoms with Gasteiger partial charge in [-0.25, -0.2) is 0 Å². The number of rotatable bonds is 5. The van der Waals surface area contributed by atoms with Crippen molar-refractivity contribution in [2.75, 3.05) is 33.0 Å². The largest absolute Gasteiger partial charge is 0.454 e. The molecule has 1 aromatic rings. The zero-order chi connectivity index (χ0) is 19.6. The van der Waals surface area contributed by atoms with E-state index in [4.69, 9.17) is 9.47 Å². The van der Waals surface area contributed by atoms with Crippen LogP contribution in [0.25, 0.3) is 0 Å². The number of carbonyl (C=O) groups is 1. The van der Waals surface area contributed by atoms with Crippen LogP contribution in [0.4, 0.5) is 0 Å². The van der Waals surface area contributed by atoms with Crippen LogP contribution in [0.15, 0.2) is 18.2 Å². The molecule has 0 aliphatic carbocycles. The van der Waals surface area contributed by atoms with Crippen LogP contribution in [0.1, 0.15) is 37.7 Å². The van der Waals surface area contributed by atoms with Gasteiger partial charge in [0.25, 0.3) is 10.2 Å². The molecule has 1 amide bonds. The Morgan fingerprint density at radius 1 is 1.04 bits per heavy atom. The molecule has 9 heteroatoms. The summed E-state index contributed by atoms with van der Waals surface area (Å²) in [7, 11) is -3.47. The van der Waals surface area contributed by atoms with Crippen molar-refractivity contribution in [1.82, 2.24) is 13.9 Å². The second kappa shape index (κ2) is 8.26. The summed E-state index contributed by atoms with van der Waals surface area (Å²) in [5, 5.41) is 2.94. The summed E-state index contributed by atoms with van der Waals surface area (Å²) in [6, 6.07) is 5.58. The number of fused-ring (bicyclic) bond motifs is 1. The first-order chi connectivity index (χ1) is 13.5. The predicted octanol–water partition coefficient (Wildman–Crippen LogP) is 1.47. The van der Waals surface area contributed by atoms with Gasteiger partial charge < -0.3 is 14.8 Å². The van der Waals surface area contributed by atoms with Gasteiger partial charge in [0, 0.05) is 32.7 Å². The third-order valence-corrected chi connectivity index (χ3v) is 7.63. The van der Waals surface area contributed by atoms with Crippen molar-refractivity contribution in [3.63, 3.8) is 0 Å². The minimum Gasteiger partial charge on any atom is -0.454 e. The highest BCUT2D eigenvalue weighted by atomic mass is 32.2. The first kappa shape index (κ1) is 19.5. The zero-order valence-corrected chi connectivity index (χ0v) is 16.7.